The Kier molecular flexibility index (Phi) is 4.27. The molecular weight excluding hydrogens is 350 g/mol. The summed E-state index contributed by atoms with van der Waals surface area (Å²) in [5.74, 6) is 2.05. The predicted molar refractivity (Wildman–Crippen MR) is 98.5 cm³/mol. The number of carbonyl (C=O) groups excluding carboxylic acids is 1. The highest BCUT2D eigenvalue weighted by atomic mass is 16.7. The summed E-state index contributed by atoms with van der Waals surface area (Å²) in [7, 11) is 3.15. The molecule has 1 aliphatic rings. The van der Waals surface area contributed by atoms with Crippen molar-refractivity contribution < 1.29 is 28.5 Å². The van der Waals surface area contributed by atoms with Crippen molar-refractivity contribution >= 4 is 16.9 Å². The summed E-state index contributed by atoms with van der Waals surface area (Å²) in [5.41, 5.74) is 1.94. The number of carbonyl (C=O) groups is 1. The first-order valence-electron chi connectivity index (χ1n) is 8.51. The van der Waals surface area contributed by atoms with E-state index < -0.39 is 5.97 Å². The first-order chi connectivity index (χ1) is 13.2. The molecule has 1 aliphatic heterocycles. The Morgan fingerprint density at radius 1 is 1.04 bits per heavy atom. The predicted octanol–water partition coefficient (Wildman–Crippen LogP) is 3.55. The van der Waals surface area contributed by atoms with Gasteiger partial charge in [0.2, 0.25) is 6.79 Å². The van der Waals surface area contributed by atoms with Crippen LogP contribution in [0.3, 0.4) is 0 Å². The average Bonchev–Trinajstić information content (AvgIpc) is 3.30. The minimum Gasteiger partial charge on any atom is -0.493 e. The molecule has 0 unspecified atom stereocenters. The molecule has 2 aromatic carbocycles. The van der Waals surface area contributed by atoms with Gasteiger partial charge < -0.3 is 28.3 Å². The molecule has 7 heteroatoms. The Morgan fingerprint density at radius 3 is 2.52 bits per heavy atom. The minimum atomic E-state index is -0.413. The molecule has 2 heterocycles. The third kappa shape index (κ3) is 2.81. The summed E-state index contributed by atoms with van der Waals surface area (Å²) in [6.45, 7) is 2.24. The van der Waals surface area contributed by atoms with E-state index in [1.54, 1.807) is 27.2 Å². The lowest BCUT2D eigenvalue weighted by Gasteiger charge is -2.12. The van der Waals surface area contributed by atoms with Gasteiger partial charge in [-0.15, -0.1) is 0 Å². The summed E-state index contributed by atoms with van der Waals surface area (Å²) >= 11 is 0. The zero-order valence-corrected chi connectivity index (χ0v) is 15.3. The van der Waals surface area contributed by atoms with E-state index in [0.29, 0.717) is 28.7 Å². The molecule has 27 heavy (non-hydrogen) atoms. The standard InChI is InChI=1S/C20H19NO6/c1-4-25-20(22)15-7-12-8-17(23-2)18(24-3)10-14(12)21(15)13-5-6-16-19(9-13)27-11-26-16/h5-10H,4,11H2,1-3H3. The third-order valence-electron chi connectivity index (χ3n) is 4.41. The number of hydrogen-bond acceptors (Lipinski definition) is 6. The maximum atomic E-state index is 12.6. The molecule has 0 amide bonds. The summed E-state index contributed by atoms with van der Waals surface area (Å²) < 4.78 is 28.7. The quantitative estimate of drug-likeness (QED) is 0.641. The van der Waals surface area contributed by atoms with Crippen LogP contribution in [0.2, 0.25) is 0 Å². The Hall–Kier alpha value is -3.35. The number of rotatable bonds is 5. The minimum absolute atomic E-state index is 0.182. The van der Waals surface area contributed by atoms with Crippen molar-refractivity contribution in [3.8, 4) is 28.7 Å². The molecule has 0 fully saturated rings. The van der Waals surface area contributed by atoms with E-state index in [-0.39, 0.29) is 13.4 Å². The van der Waals surface area contributed by atoms with Crippen molar-refractivity contribution in [2.45, 2.75) is 6.92 Å². The molecule has 3 aromatic rings. The van der Waals surface area contributed by atoms with E-state index >= 15 is 0 Å². The van der Waals surface area contributed by atoms with Gasteiger partial charge in [-0.2, -0.15) is 0 Å². The van der Waals surface area contributed by atoms with Crippen LogP contribution in [0.5, 0.6) is 23.0 Å². The van der Waals surface area contributed by atoms with Crippen LogP contribution in [0.1, 0.15) is 17.4 Å². The van der Waals surface area contributed by atoms with Crippen molar-refractivity contribution in [2.75, 3.05) is 27.6 Å². The smallest absolute Gasteiger partial charge is 0.355 e. The fourth-order valence-electron chi connectivity index (χ4n) is 3.19. The maximum absolute atomic E-state index is 12.6. The van der Waals surface area contributed by atoms with Crippen LogP contribution in [-0.2, 0) is 4.74 Å². The van der Waals surface area contributed by atoms with Gasteiger partial charge in [-0.25, -0.2) is 4.79 Å². The summed E-state index contributed by atoms with van der Waals surface area (Å²) in [4.78, 5) is 12.6. The largest absolute Gasteiger partial charge is 0.493 e. The molecule has 140 valence electrons. The van der Waals surface area contributed by atoms with Crippen molar-refractivity contribution in [1.82, 2.24) is 4.57 Å². The van der Waals surface area contributed by atoms with Gasteiger partial charge in [0.25, 0.3) is 0 Å². The van der Waals surface area contributed by atoms with E-state index in [2.05, 4.69) is 0 Å². The molecule has 0 aliphatic carbocycles. The van der Waals surface area contributed by atoms with E-state index in [1.165, 1.54) is 0 Å². The molecule has 0 N–H and O–H groups in total. The number of fused-ring (bicyclic) bond motifs is 2. The lowest BCUT2D eigenvalue weighted by molar-refractivity contribution is 0.0517. The lowest BCUT2D eigenvalue weighted by atomic mass is 10.2. The van der Waals surface area contributed by atoms with Crippen LogP contribution < -0.4 is 18.9 Å². The van der Waals surface area contributed by atoms with Gasteiger partial charge in [-0.3, -0.25) is 0 Å². The van der Waals surface area contributed by atoms with Gasteiger partial charge in [0.15, 0.2) is 23.0 Å². The third-order valence-corrected chi connectivity index (χ3v) is 4.41. The summed E-state index contributed by atoms with van der Waals surface area (Å²) in [5, 5.41) is 0.827. The lowest BCUT2D eigenvalue weighted by Crippen LogP contribution is -2.11. The molecule has 0 bridgehead atoms. The van der Waals surface area contributed by atoms with Crippen molar-refractivity contribution in [2.24, 2.45) is 0 Å². The second kappa shape index (κ2) is 6.75. The number of benzene rings is 2. The second-order valence-electron chi connectivity index (χ2n) is 5.89. The number of methoxy groups -OCH3 is 2. The van der Waals surface area contributed by atoms with Crippen molar-refractivity contribution in [3.63, 3.8) is 0 Å². The Labute approximate surface area is 156 Å². The average molecular weight is 369 g/mol. The molecule has 0 saturated carbocycles. The summed E-state index contributed by atoms with van der Waals surface area (Å²) in [6.07, 6.45) is 0. The molecule has 1 aromatic heterocycles. The van der Waals surface area contributed by atoms with Crippen molar-refractivity contribution in [1.29, 1.82) is 0 Å². The second-order valence-corrected chi connectivity index (χ2v) is 5.89. The van der Waals surface area contributed by atoms with E-state index in [4.69, 9.17) is 23.7 Å². The van der Waals surface area contributed by atoms with Crippen LogP contribution in [0, 0.1) is 0 Å². The molecule has 0 radical (unpaired) electrons. The van der Waals surface area contributed by atoms with Gasteiger partial charge in [0.1, 0.15) is 5.69 Å². The molecule has 0 atom stereocenters. The molecule has 0 saturated heterocycles. The Bertz CT molecular complexity index is 1020. The first-order valence-corrected chi connectivity index (χ1v) is 8.51. The van der Waals surface area contributed by atoms with Gasteiger partial charge in [0, 0.05) is 17.5 Å². The number of hydrogen-bond donors (Lipinski definition) is 0. The number of esters is 1. The van der Waals surface area contributed by atoms with Crippen LogP contribution in [0.15, 0.2) is 36.4 Å². The Balaban J connectivity index is 1.97. The number of aromatic nitrogens is 1. The molecule has 7 nitrogen and oxygen atoms in total. The van der Waals surface area contributed by atoms with Gasteiger partial charge in [0.05, 0.1) is 32.0 Å². The van der Waals surface area contributed by atoms with Crippen LogP contribution in [0.4, 0.5) is 0 Å². The monoisotopic (exact) mass is 369 g/mol. The molecular formula is C20H19NO6. The number of ether oxygens (including phenoxy) is 5. The maximum Gasteiger partial charge on any atom is 0.355 e. The van der Waals surface area contributed by atoms with E-state index in [1.807, 2.05) is 34.9 Å². The van der Waals surface area contributed by atoms with E-state index in [9.17, 15) is 4.79 Å². The van der Waals surface area contributed by atoms with Gasteiger partial charge >= 0.3 is 5.97 Å². The first kappa shape index (κ1) is 17.1. The zero-order valence-electron chi connectivity index (χ0n) is 15.3. The fourth-order valence-corrected chi connectivity index (χ4v) is 3.19. The molecule has 0 spiro atoms. The zero-order chi connectivity index (χ0) is 19.0. The van der Waals surface area contributed by atoms with Crippen LogP contribution in [-0.4, -0.2) is 38.2 Å². The highest BCUT2D eigenvalue weighted by molar-refractivity contribution is 5.98. The van der Waals surface area contributed by atoms with Gasteiger partial charge in [-0.05, 0) is 31.2 Å². The van der Waals surface area contributed by atoms with Gasteiger partial charge in [-0.1, -0.05) is 0 Å². The topological polar surface area (TPSA) is 68.2 Å². The summed E-state index contributed by atoms with van der Waals surface area (Å²) in [6, 6.07) is 11.0. The van der Waals surface area contributed by atoms with Crippen molar-refractivity contribution in [3.05, 3.63) is 42.1 Å². The Morgan fingerprint density at radius 2 is 1.78 bits per heavy atom. The highest BCUT2D eigenvalue weighted by Gasteiger charge is 2.22. The van der Waals surface area contributed by atoms with E-state index in [0.717, 1.165) is 16.6 Å². The number of nitrogens with zero attached hydrogens (tertiary/aromatic N) is 1. The normalized spacial score (nSPS) is 12.3. The molecule has 4 rings (SSSR count). The highest BCUT2D eigenvalue weighted by Crippen LogP contribution is 2.38. The SMILES string of the molecule is CCOC(=O)c1cc2cc(OC)c(OC)cc2n1-c1ccc2c(c1)OCO2. The fraction of sp³-hybridized carbons (Fsp3) is 0.250. The van der Waals surface area contributed by atoms with Crippen LogP contribution in [0.25, 0.3) is 16.6 Å². The van der Waals surface area contributed by atoms with Crippen LogP contribution >= 0.6 is 0 Å².